The van der Waals surface area contributed by atoms with Crippen molar-refractivity contribution in [3.05, 3.63) is 372 Å². The van der Waals surface area contributed by atoms with Crippen LogP contribution in [0, 0.1) is 27.7 Å². The number of hydrogen-bond acceptors (Lipinski definition) is 4. The van der Waals surface area contributed by atoms with E-state index in [1.54, 1.807) is 0 Å². The zero-order valence-electron chi connectivity index (χ0n) is 55.4. The van der Waals surface area contributed by atoms with Crippen LogP contribution in [0.4, 0.5) is 62.6 Å². The van der Waals surface area contributed by atoms with Crippen molar-refractivity contribution in [1.29, 1.82) is 0 Å². The molecule has 0 radical (unpaired) electrons. The lowest BCUT2D eigenvalue weighted by Gasteiger charge is -2.45. The predicted octanol–water partition coefficient (Wildman–Crippen LogP) is 25.4. The first kappa shape index (κ1) is 63.5. The number of anilines is 11. The number of unbranched alkanes of at least 4 members (excludes halogenated alkanes) is 2. The third kappa shape index (κ3) is 15.0. The lowest BCUT2D eigenvalue weighted by molar-refractivity contribution is 0.548. The summed E-state index contributed by atoms with van der Waals surface area (Å²) in [7, 11) is 0. The van der Waals surface area contributed by atoms with Crippen LogP contribution in [0.1, 0.15) is 90.5 Å². The molecule has 0 saturated carbocycles. The summed E-state index contributed by atoms with van der Waals surface area (Å²) in [6, 6.07) is 112. The van der Waals surface area contributed by atoms with Crippen LogP contribution >= 0.6 is 0 Å². The minimum absolute atomic E-state index is 0.406. The minimum Gasteiger partial charge on any atom is -0.327 e. The standard InChI is InChI=1S/C52H54N2.C38H32N2/c1-5-7-12-42-20-30-48(31-21-42)53(47-26-16-40(3)17-27-47)49-34-24-44(25-35-49)45-36-38-52(39-37-45,46-14-10-9-11-15-46)54(50-28-18-41(4)19-29-50)51-32-22-43(23-33-51)13-8-6-2;1-29-11-9-17-37(27-29)39(33-13-5-3-6-14-33)35-23-19-31(20-24-35)32-21-25-36(26-22-32)40(34-15-7-4-8-16-34)38-18-10-12-30(2)28-38/h9-11,14-38H,5-8,12-13,39H2,1-4H3;3-28H,1-2H3. The molecule has 0 heterocycles. The second-order valence-corrected chi connectivity index (χ2v) is 25.0. The molecule has 1 unspecified atom stereocenters. The van der Waals surface area contributed by atoms with Crippen LogP contribution in [0.15, 0.2) is 328 Å². The Hall–Kier alpha value is -10.7. The molecule has 0 amide bonds. The van der Waals surface area contributed by atoms with Crippen LogP contribution in [-0.2, 0) is 18.4 Å². The summed E-state index contributed by atoms with van der Waals surface area (Å²) in [5, 5.41) is 0. The molecule has 0 aromatic heterocycles. The van der Waals surface area contributed by atoms with Crippen molar-refractivity contribution in [2.75, 3.05) is 19.6 Å². The molecule has 0 saturated heterocycles. The molecular formula is C90H86N4. The number of benzene rings is 12. The maximum atomic E-state index is 2.55. The van der Waals surface area contributed by atoms with Gasteiger partial charge in [0.1, 0.15) is 0 Å². The maximum absolute atomic E-state index is 2.55. The number of para-hydroxylation sites is 2. The molecule has 13 rings (SSSR count). The van der Waals surface area contributed by atoms with Gasteiger partial charge in [-0.1, -0.05) is 232 Å². The molecule has 1 aliphatic rings. The molecule has 0 aliphatic heterocycles. The van der Waals surface area contributed by atoms with Gasteiger partial charge in [0, 0.05) is 62.6 Å². The molecule has 0 bridgehead atoms. The highest BCUT2D eigenvalue weighted by Gasteiger charge is 2.38. The van der Waals surface area contributed by atoms with Gasteiger partial charge in [0.25, 0.3) is 0 Å². The highest BCUT2D eigenvalue weighted by atomic mass is 15.2. The van der Waals surface area contributed by atoms with Gasteiger partial charge in [0.05, 0.1) is 5.54 Å². The summed E-state index contributed by atoms with van der Waals surface area (Å²) in [5.41, 5.74) is 26.2. The van der Waals surface area contributed by atoms with Gasteiger partial charge in [-0.3, -0.25) is 0 Å². The fourth-order valence-corrected chi connectivity index (χ4v) is 12.9. The van der Waals surface area contributed by atoms with E-state index in [4.69, 9.17) is 0 Å². The van der Waals surface area contributed by atoms with Gasteiger partial charge in [0.15, 0.2) is 0 Å². The van der Waals surface area contributed by atoms with Crippen LogP contribution < -0.4 is 19.6 Å². The molecule has 0 N–H and O–H groups in total. The minimum atomic E-state index is -0.406. The Morgan fingerprint density at radius 1 is 0.298 bits per heavy atom. The number of allylic oxidation sites excluding steroid dienone is 2. The summed E-state index contributed by atoms with van der Waals surface area (Å²) >= 11 is 0. The van der Waals surface area contributed by atoms with E-state index in [1.165, 1.54) is 104 Å². The van der Waals surface area contributed by atoms with Gasteiger partial charge < -0.3 is 19.6 Å². The molecule has 1 aliphatic carbocycles. The summed E-state index contributed by atoms with van der Waals surface area (Å²) < 4.78 is 0. The Kier molecular flexibility index (Phi) is 20.4. The normalized spacial score (nSPS) is 13.3. The zero-order chi connectivity index (χ0) is 64.6. The average molecular weight is 1220 g/mol. The van der Waals surface area contributed by atoms with E-state index in [0.717, 1.165) is 64.8 Å². The second-order valence-electron chi connectivity index (χ2n) is 25.0. The van der Waals surface area contributed by atoms with Crippen molar-refractivity contribution in [3.63, 3.8) is 0 Å². The fraction of sp³-hybridized carbons (Fsp3) is 0.156. The monoisotopic (exact) mass is 1220 g/mol. The van der Waals surface area contributed by atoms with E-state index in [9.17, 15) is 0 Å². The topological polar surface area (TPSA) is 13.0 Å². The number of rotatable bonds is 21. The van der Waals surface area contributed by atoms with Crippen molar-refractivity contribution in [2.24, 2.45) is 0 Å². The first-order valence-electron chi connectivity index (χ1n) is 33.6. The first-order chi connectivity index (χ1) is 46.1. The van der Waals surface area contributed by atoms with Crippen molar-refractivity contribution in [2.45, 2.75) is 92.0 Å². The highest BCUT2D eigenvalue weighted by Crippen LogP contribution is 2.47. The highest BCUT2D eigenvalue weighted by molar-refractivity contribution is 5.84. The molecule has 4 nitrogen and oxygen atoms in total. The van der Waals surface area contributed by atoms with Crippen molar-refractivity contribution in [3.8, 4) is 11.1 Å². The van der Waals surface area contributed by atoms with E-state index >= 15 is 0 Å². The van der Waals surface area contributed by atoms with Crippen molar-refractivity contribution >= 4 is 68.1 Å². The number of hydrogen-bond donors (Lipinski definition) is 0. The zero-order valence-corrected chi connectivity index (χ0v) is 55.4. The molecule has 94 heavy (non-hydrogen) atoms. The van der Waals surface area contributed by atoms with Crippen LogP contribution in [-0.4, -0.2) is 0 Å². The number of nitrogens with zero attached hydrogens (tertiary/aromatic N) is 4. The summed E-state index contributed by atoms with van der Waals surface area (Å²) in [4.78, 5) is 9.52. The molecular weight excluding hydrogens is 1140 g/mol. The van der Waals surface area contributed by atoms with Crippen LogP contribution in [0.3, 0.4) is 0 Å². The van der Waals surface area contributed by atoms with Gasteiger partial charge >= 0.3 is 0 Å². The van der Waals surface area contributed by atoms with Gasteiger partial charge in [-0.15, -0.1) is 0 Å². The Morgan fingerprint density at radius 3 is 1.01 bits per heavy atom. The third-order valence-electron chi connectivity index (χ3n) is 18.0. The predicted molar refractivity (Wildman–Crippen MR) is 403 cm³/mol. The lowest BCUT2D eigenvalue weighted by atomic mass is 9.79. The van der Waals surface area contributed by atoms with E-state index in [1.807, 2.05) is 0 Å². The van der Waals surface area contributed by atoms with Crippen LogP contribution in [0.25, 0.3) is 16.7 Å². The first-order valence-corrected chi connectivity index (χ1v) is 33.6. The SMILES string of the molecule is CCCCc1ccc(N(c2ccc(C)cc2)c2ccc(C3=CCC(c4ccccc4)(N(c4ccc(C)cc4)c4ccc(CCCC)cc4)C=C3)cc2)cc1.Cc1cccc(N(c2ccccc2)c2ccc(-c3ccc(N(c4ccccc4)c4cccc(C)c4)cc3)cc2)c1. The molecule has 0 fully saturated rings. The molecule has 12 aromatic carbocycles. The molecule has 0 spiro atoms. The average Bonchev–Trinajstić information content (AvgIpc) is 0.752. The van der Waals surface area contributed by atoms with Gasteiger partial charge in [-0.05, 0) is 243 Å². The Morgan fingerprint density at radius 2 is 0.628 bits per heavy atom. The Bertz CT molecular complexity index is 4280. The molecule has 1 atom stereocenters. The lowest BCUT2D eigenvalue weighted by Crippen LogP contribution is -2.42. The maximum Gasteiger partial charge on any atom is 0.0923 e. The fourth-order valence-electron chi connectivity index (χ4n) is 12.9. The quantitative estimate of drug-likeness (QED) is 0.0711. The summed E-state index contributed by atoms with van der Waals surface area (Å²) in [5.74, 6) is 0. The van der Waals surface area contributed by atoms with E-state index in [-0.39, 0.29) is 0 Å². The van der Waals surface area contributed by atoms with Crippen LogP contribution in [0.5, 0.6) is 0 Å². The van der Waals surface area contributed by atoms with E-state index < -0.39 is 5.54 Å². The van der Waals surface area contributed by atoms with E-state index in [2.05, 4.69) is 389 Å². The largest absolute Gasteiger partial charge is 0.327 e. The Balaban J connectivity index is 0.000000188. The summed E-state index contributed by atoms with van der Waals surface area (Å²) in [6.45, 7) is 13.1. The van der Waals surface area contributed by atoms with Crippen molar-refractivity contribution in [1.82, 2.24) is 0 Å². The molecule has 4 heteroatoms. The summed E-state index contributed by atoms with van der Waals surface area (Å²) in [6.07, 6.45) is 15.1. The van der Waals surface area contributed by atoms with Crippen LogP contribution in [0.2, 0.25) is 0 Å². The second kappa shape index (κ2) is 30.2. The van der Waals surface area contributed by atoms with Gasteiger partial charge in [-0.25, -0.2) is 0 Å². The third-order valence-corrected chi connectivity index (χ3v) is 18.0. The van der Waals surface area contributed by atoms with E-state index in [0.29, 0.717) is 0 Å². The van der Waals surface area contributed by atoms with Crippen molar-refractivity contribution < 1.29 is 0 Å². The Labute approximate surface area is 559 Å². The number of aryl methyl sites for hydroxylation is 6. The van der Waals surface area contributed by atoms with Gasteiger partial charge in [-0.2, -0.15) is 0 Å². The molecule has 12 aromatic rings. The molecule has 466 valence electrons. The smallest absolute Gasteiger partial charge is 0.0923 e. The van der Waals surface area contributed by atoms with Gasteiger partial charge in [0.2, 0.25) is 0 Å².